The lowest BCUT2D eigenvalue weighted by Gasteiger charge is -2.21. The van der Waals surface area contributed by atoms with Gasteiger partial charge in [0.2, 0.25) is 5.95 Å². The zero-order valence-electron chi connectivity index (χ0n) is 18.3. The van der Waals surface area contributed by atoms with Gasteiger partial charge in [-0.15, -0.1) is 24.9 Å². The number of para-hydroxylation sites is 1. The summed E-state index contributed by atoms with van der Waals surface area (Å²) in [4.78, 5) is 10.00. The number of anilines is 3. The number of aliphatic hydroxyl groups excluding tert-OH is 1. The summed E-state index contributed by atoms with van der Waals surface area (Å²) in [6, 6.07) is 14.6. The first-order valence-electron chi connectivity index (χ1n) is 10.2. The van der Waals surface area contributed by atoms with Crippen molar-refractivity contribution >= 4 is 29.2 Å². The Morgan fingerprint density at radius 1 is 1.06 bits per heavy atom. The molecule has 0 aliphatic heterocycles. The summed E-state index contributed by atoms with van der Waals surface area (Å²) >= 11 is 1.57. The van der Waals surface area contributed by atoms with Gasteiger partial charge in [-0.25, -0.2) is 4.98 Å². The van der Waals surface area contributed by atoms with Crippen LogP contribution in [0.3, 0.4) is 0 Å². The van der Waals surface area contributed by atoms with Crippen LogP contribution in [0.25, 0.3) is 11.3 Å². The predicted octanol–water partition coefficient (Wildman–Crippen LogP) is 5.94. The van der Waals surface area contributed by atoms with Crippen LogP contribution in [0.1, 0.15) is 13.8 Å². The second-order valence-electron chi connectivity index (χ2n) is 7.54. The highest BCUT2D eigenvalue weighted by atomic mass is 32.2. The van der Waals surface area contributed by atoms with Crippen LogP contribution in [0, 0.1) is 5.92 Å². The Bertz CT molecular complexity index is 1080. The lowest BCUT2D eigenvalue weighted by Crippen LogP contribution is -2.30. The molecule has 3 aromatic rings. The van der Waals surface area contributed by atoms with E-state index in [1.165, 1.54) is 18.2 Å². The fourth-order valence-corrected chi connectivity index (χ4v) is 3.60. The Labute approximate surface area is 194 Å². The molecule has 1 aromatic heterocycles. The van der Waals surface area contributed by atoms with Crippen LogP contribution in [0.15, 0.2) is 59.5 Å². The second-order valence-corrected chi connectivity index (χ2v) is 8.39. The zero-order chi connectivity index (χ0) is 24.0. The summed E-state index contributed by atoms with van der Waals surface area (Å²) in [6.07, 6.45) is -2.84. The molecular weight excluding hydrogens is 453 g/mol. The van der Waals surface area contributed by atoms with Crippen LogP contribution in [-0.4, -0.2) is 40.3 Å². The molecule has 1 atom stereocenters. The average Bonchev–Trinajstić information content (AvgIpc) is 2.76. The van der Waals surface area contributed by atoms with E-state index in [2.05, 4.69) is 25.3 Å². The summed E-state index contributed by atoms with van der Waals surface area (Å²) in [5, 5.41) is 16.1. The van der Waals surface area contributed by atoms with Crippen molar-refractivity contribution in [2.24, 2.45) is 5.92 Å². The molecular formula is C23H25F3N4O2S. The highest BCUT2D eigenvalue weighted by molar-refractivity contribution is 7.98. The van der Waals surface area contributed by atoms with Gasteiger partial charge in [0.1, 0.15) is 11.6 Å². The van der Waals surface area contributed by atoms with Crippen molar-refractivity contribution in [1.82, 2.24) is 9.97 Å². The van der Waals surface area contributed by atoms with E-state index in [1.807, 2.05) is 44.4 Å². The molecule has 10 heteroatoms. The van der Waals surface area contributed by atoms with Gasteiger partial charge in [-0.3, -0.25) is 0 Å². The lowest BCUT2D eigenvalue weighted by molar-refractivity contribution is -0.274. The van der Waals surface area contributed by atoms with Crippen molar-refractivity contribution in [3.8, 4) is 17.0 Å². The summed E-state index contributed by atoms with van der Waals surface area (Å²) in [5.41, 5.74) is 1.65. The first kappa shape index (κ1) is 24.7. The first-order chi connectivity index (χ1) is 15.7. The Hall–Kier alpha value is -2.98. The van der Waals surface area contributed by atoms with E-state index in [4.69, 9.17) is 0 Å². The topological polar surface area (TPSA) is 79.3 Å². The molecule has 0 spiro atoms. The molecule has 176 valence electrons. The molecule has 0 saturated heterocycles. The number of alkyl halides is 3. The number of aromatic nitrogens is 2. The maximum Gasteiger partial charge on any atom is 0.573 e. The fourth-order valence-electron chi connectivity index (χ4n) is 3.05. The highest BCUT2D eigenvalue weighted by Crippen LogP contribution is 2.31. The maximum atomic E-state index is 12.7. The number of aliphatic hydroxyl groups is 1. The van der Waals surface area contributed by atoms with Gasteiger partial charge in [0, 0.05) is 16.5 Å². The van der Waals surface area contributed by atoms with E-state index in [9.17, 15) is 18.3 Å². The number of benzene rings is 2. The third-order valence-electron chi connectivity index (χ3n) is 4.78. The van der Waals surface area contributed by atoms with Crippen molar-refractivity contribution in [1.29, 1.82) is 0 Å². The van der Waals surface area contributed by atoms with E-state index in [0.29, 0.717) is 17.1 Å². The Morgan fingerprint density at radius 3 is 2.48 bits per heavy atom. The number of hydrogen-bond acceptors (Lipinski definition) is 7. The lowest BCUT2D eigenvalue weighted by atomic mass is 10.1. The van der Waals surface area contributed by atoms with E-state index in [-0.39, 0.29) is 30.3 Å². The van der Waals surface area contributed by atoms with Gasteiger partial charge in [-0.2, -0.15) is 4.98 Å². The molecule has 0 radical (unpaired) electrons. The Balaban J connectivity index is 2.03. The van der Waals surface area contributed by atoms with Crippen molar-refractivity contribution in [2.75, 3.05) is 23.5 Å². The first-order valence-corrected chi connectivity index (χ1v) is 11.4. The molecule has 0 aliphatic rings. The van der Waals surface area contributed by atoms with Gasteiger partial charge in [0.15, 0.2) is 0 Å². The van der Waals surface area contributed by atoms with Gasteiger partial charge >= 0.3 is 6.36 Å². The maximum absolute atomic E-state index is 12.7. The van der Waals surface area contributed by atoms with E-state index >= 15 is 0 Å². The van der Waals surface area contributed by atoms with Crippen LogP contribution in [0.2, 0.25) is 0 Å². The molecule has 0 aliphatic carbocycles. The average molecular weight is 479 g/mol. The van der Waals surface area contributed by atoms with Gasteiger partial charge in [0.05, 0.1) is 24.0 Å². The van der Waals surface area contributed by atoms with Crippen LogP contribution in [0.4, 0.5) is 30.6 Å². The minimum absolute atomic E-state index is 0.0967. The van der Waals surface area contributed by atoms with E-state index < -0.39 is 6.36 Å². The number of nitrogens with one attached hydrogen (secondary N) is 2. The van der Waals surface area contributed by atoms with Crippen molar-refractivity contribution in [2.45, 2.75) is 31.1 Å². The molecule has 0 saturated carbocycles. The van der Waals surface area contributed by atoms with Crippen molar-refractivity contribution in [3.63, 3.8) is 0 Å². The standard InChI is InChI=1S/C23H25F3N4O2S/c1-14(2)19(13-31)29-22-28-18(15-7-6-8-16(11-15)32-23(24,25)26)12-21(30-22)27-17-9-4-5-10-20(17)33-3/h4-12,14,19,31H,13H2,1-3H3,(H2,27,28,29,30)/t19-/m0/s1. The SMILES string of the molecule is CSc1ccccc1Nc1cc(-c2cccc(OC(F)(F)F)c2)nc(N[C@@H](CO)C(C)C)n1. The third-order valence-corrected chi connectivity index (χ3v) is 5.57. The molecule has 0 fully saturated rings. The van der Waals surface area contributed by atoms with Gasteiger partial charge in [-0.05, 0) is 36.4 Å². The van der Waals surface area contributed by atoms with Crippen molar-refractivity contribution in [3.05, 3.63) is 54.6 Å². The quantitative estimate of drug-likeness (QED) is 0.329. The Morgan fingerprint density at radius 2 is 1.82 bits per heavy atom. The minimum Gasteiger partial charge on any atom is -0.406 e. The molecule has 3 rings (SSSR count). The number of rotatable bonds is 9. The summed E-state index contributed by atoms with van der Waals surface area (Å²) < 4.78 is 42.1. The highest BCUT2D eigenvalue weighted by Gasteiger charge is 2.31. The number of halogens is 3. The van der Waals surface area contributed by atoms with Crippen LogP contribution < -0.4 is 15.4 Å². The molecule has 2 aromatic carbocycles. The van der Waals surface area contributed by atoms with Crippen molar-refractivity contribution < 1.29 is 23.0 Å². The molecule has 6 nitrogen and oxygen atoms in total. The summed E-state index contributed by atoms with van der Waals surface area (Å²) in [5.74, 6) is 0.447. The van der Waals surface area contributed by atoms with E-state index in [1.54, 1.807) is 23.9 Å². The van der Waals surface area contributed by atoms with Gasteiger partial charge < -0.3 is 20.5 Å². The zero-order valence-corrected chi connectivity index (χ0v) is 19.2. The van der Waals surface area contributed by atoms with Crippen LogP contribution in [0.5, 0.6) is 5.75 Å². The number of nitrogens with zero attached hydrogens (tertiary/aromatic N) is 2. The normalized spacial score (nSPS) is 12.5. The Kier molecular flexibility index (Phi) is 8.04. The molecule has 3 N–H and O–H groups in total. The number of hydrogen-bond donors (Lipinski definition) is 3. The van der Waals surface area contributed by atoms with Gasteiger partial charge in [0.25, 0.3) is 0 Å². The van der Waals surface area contributed by atoms with E-state index in [0.717, 1.165) is 10.6 Å². The summed E-state index contributed by atoms with van der Waals surface area (Å²) in [6.45, 7) is 3.77. The molecule has 0 unspecified atom stereocenters. The molecule has 1 heterocycles. The summed E-state index contributed by atoms with van der Waals surface area (Å²) in [7, 11) is 0. The second kappa shape index (κ2) is 10.8. The third kappa shape index (κ3) is 7.00. The predicted molar refractivity (Wildman–Crippen MR) is 125 cm³/mol. The number of thioether (sulfide) groups is 1. The number of ether oxygens (including phenoxy) is 1. The smallest absolute Gasteiger partial charge is 0.406 e. The van der Waals surface area contributed by atoms with Crippen LogP contribution in [-0.2, 0) is 0 Å². The minimum atomic E-state index is -4.79. The molecule has 0 bridgehead atoms. The largest absolute Gasteiger partial charge is 0.573 e. The molecule has 33 heavy (non-hydrogen) atoms. The van der Waals surface area contributed by atoms with Crippen LogP contribution >= 0.6 is 11.8 Å². The monoisotopic (exact) mass is 478 g/mol. The molecule has 0 amide bonds. The van der Waals surface area contributed by atoms with Gasteiger partial charge in [-0.1, -0.05) is 38.1 Å². The fraction of sp³-hybridized carbons (Fsp3) is 0.304.